The van der Waals surface area contributed by atoms with Crippen LogP contribution in [0.25, 0.3) is 10.9 Å². The Hall–Kier alpha value is -3.50. The molecular weight excluding hydrogens is 540 g/mol. The number of ether oxygens (including phenoxy) is 2. The molecule has 3 fully saturated rings. The van der Waals surface area contributed by atoms with Crippen molar-refractivity contribution in [3.63, 3.8) is 0 Å². The van der Waals surface area contributed by atoms with Crippen LogP contribution in [0.2, 0.25) is 0 Å². The molecule has 0 saturated carbocycles. The van der Waals surface area contributed by atoms with Crippen molar-refractivity contribution in [2.75, 3.05) is 49.3 Å². The lowest BCUT2D eigenvalue weighted by Crippen LogP contribution is -2.45. The van der Waals surface area contributed by atoms with Gasteiger partial charge >= 0.3 is 0 Å². The monoisotopic (exact) mass is 575 g/mol. The summed E-state index contributed by atoms with van der Waals surface area (Å²) in [6.45, 7) is 9.99. The van der Waals surface area contributed by atoms with Gasteiger partial charge in [-0.15, -0.1) is 0 Å². The third kappa shape index (κ3) is 4.55. The maximum atomic E-state index is 15.6. The fraction of sp³-hybridized carbons (Fsp3) is 0.500. The highest BCUT2D eigenvalue weighted by atomic mass is 19.1. The molecule has 6 heterocycles. The summed E-state index contributed by atoms with van der Waals surface area (Å²) in [6, 6.07) is 4.21. The van der Waals surface area contributed by atoms with E-state index in [0.717, 1.165) is 42.6 Å². The summed E-state index contributed by atoms with van der Waals surface area (Å²) < 4.78 is 41.9. The highest BCUT2D eigenvalue weighted by Gasteiger charge is 2.45. The first-order valence-corrected chi connectivity index (χ1v) is 14.7. The van der Waals surface area contributed by atoms with Gasteiger partial charge < -0.3 is 14.4 Å². The zero-order chi connectivity index (χ0) is 29.2. The van der Waals surface area contributed by atoms with Crippen LogP contribution < -0.4 is 9.80 Å². The molecule has 220 valence electrons. The van der Waals surface area contributed by atoms with Crippen LogP contribution in [0.15, 0.2) is 29.4 Å². The number of pyridine rings is 2. The van der Waals surface area contributed by atoms with Gasteiger partial charge in [0.25, 0.3) is 0 Å². The minimum atomic E-state index is -0.711. The number of anilines is 2. The third-order valence-corrected chi connectivity index (χ3v) is 9.32. The first-order valence-electron chi connectivity index (χ1n) is 14.7. The maximum absolute atomic E-state index is 15.6. The zero-order valence-electron chi connectivity index (χ0n) is 24.3. The fourth-order valence-electron chi connectivity index (χ4n) is 7.02. The number of aromatic nitrogens is 2. The normalized spacial score (nSPS) is 25.5. The van der Waals surface area contributed by atoms with E-state index in [1.165, 1.54) is 6.07 Å². The van der Waals surface area contributed by atoms with Gasteiger partial charge in [0.1, 0.15) is 17.5 Å². The largest absolute Gasteiger partial charge is 0.378 e. The molecule has 0 radical (unpaired) electrons. The Morgan fingerprint density at radius 2 is 1.88 bits per heavy atom. The van der Waals surface area contributed by atoms with Gasteiger partial charge in [-0.05, 0) is 48.8 Å². The Balaban J connectivity index is 1.31. The van der Waals surface area contributed by atoms with E-state index in [0.29, 0.717) is 62.6 Å². The van der Waals surface area contributed by atoms with Gasteiger partial charge in [-0.3, -0.25) is 19.7 Å². The molecular formula is C32H35F2N5O3. The number of fused-ring (bicyclic) bond motifs is 3. The van der Waals surface area contributed by atoms with Crippen molar-refractivity contribution in [1.29, 1.82) is 0 Å². The summed E-state index contributed by atoms with van der Waals surface area (Å²) in [7, 11) is 0. The number of aliphatic imine (C=N–C) groups is 1. The van der Waals surface area contributed by atoms with Crippen LogP contribution in [0.4, 0.5) is 26.0 Å². The summed E-state index contributed by atoms with van der Waals surface area (Å²) in [4.78, 5) is 31.5. The highest BCUT2D eigenvalue weighted by Crippen LogP contribution is 2.50. The molecule has 4 aliphatic rings. The van der Waals surface area contributed by atoms with Gasteiger partial charge in [-0.2, -0.15) is 0 Å². The predicted octanol–water partition coefficient (Wildman–Crippen LogP) is 5.71. The molecule has 1 unspecified atom stereocenters. The zero-order valence-corrected chi connectivity index (χ0v) is 24.3. The summed E-state index contributed by atoms with van der Waals surface area (Å²) in [5, 5.41) is 0.231. The molecule has 3 aromatic rings. The first-order chi connectivity index (χ1) is 20.1. The van der Waals surface area contributed by atoms with Crippen molar-refractivity contribution in [2.45, 2.75) is 58.0 Å². The smallest absolute Gasteiger partial charge is 0.228 e. The number of amides is 1. The van der Waals surface area contributed by atoms with Crippen molar-refractivity contribution in [2.24, 2.45) is 10.4 Å². The molecule has 0 N–H and O–H groups in total. The van der Waals surface area contributed by atoms with Crippen molar-refractivity contribution < 1.29 is 23.0 Å². The summed E-state index contributed by atoms with van der Waals surface area (Å²) >= 11 is 0. The van der Waals surface area contributed by atoms with E-state index in [2.05, 4.69) is 29.8 Å². The molecule has 42 heavy (non-hydrogen) atoms. The number of piperidine rings is 1. The number of rotatable bonds is 3. The van der Waals surface area contributed by atoms with Crippen LogP contribution in [0.5, 0.6) is 0 Å². The lowest BCUT2D eigenvalue weighted by Gasteiger charge is -2.40. The summed E-state index contributed by atoms with van der Waals surface area (Å²) in [5.41, 5.74) is 3.62. The number of hydrogen-bond donors (Lipinski definition) is 0. The Labute approximate surface area is 243 Å². The van der Waals surface area contributed by atoms with Crippen LogP contribution in [-0.2, 0) is 19.7 Å². The van der Waals surface area contributed by atoms with E-state index in [-0.39, 0.29) is 22.2 Å². The maximum Gasteiger partial charge on any atom is 0.228 e. The van der Waals surface area contributed by atoms with E-state index in [4.69, 9.17) is 19.5 Å². The van der Waals surface area contributed by atoms with Gasteiger partial charge in [0.15, 0.2) is 0 Å². The fourth-order valence-corrected chi connectivity index (χ4v) is 7.02. The number of carbonyl (C=O) groups is 1. The standard InChI is InChI=1S/C32H35F2N5O3/c1-19-27(28-22(34)12-20(33)13-23(28)37-30(19)39-18-31(2,3)5-4-26(39)40)25-15-32(6-9-42-25)17-36-24-14-21(16-35-29(24)32)38-7-10-41-11-8-38/h12-14,16-17,25H,4-11,15,18H2,1-3H3/t25-,32?/m1/s1. The number of carbonyl (C=O) groups excluding carboxylic acids is 1. The third-order valence-electron chi connectivity index (χ3n) is 9.32. The molecule has 0 aliphatic carbocycles. The SMILES string of the molecule is Cc1c(N2CC(C)(C)CCC2=O)nc2cc(F)cc(F)c2c1[C@H]1CC2(C=Nc3cc(N4CCOCC4)cnc32)CCO1. The molecule has 8 nitrogen and oxygen atoms in total. The predicted molar refractivity (Wildman–Crippen MR) is 157 cm³/mol. The van der Waals surface area contributed by atoms with Crippen molar-refractivity contribution in [1.82, 2.24) is 9.97 Å². The summed E-state index contributed by atoms with van der Waals surface area (Å²) in [6.07, 6.45) is 5.69. The quantitative estimate of drug-likeness (QED) is 0.398. The van der Waals surface area contributed by atoms with Gasteiger partial charge in [0, 0.05) is 56.4 Å². The van der Waals surface area contributed by atoms with E-state index in [1.54, 1.807) is 4.90 Å². The minimum absolute atomic E-state index is 0.0368. The number of hydrogen-bond acceptors (Lipinski definition) is 7. The molecule has 1 spiro atoms. The van der Waals surface area contributed by atoms with E-state index in [9.17, 15) is 9.18 Å². The second kappa shape index (κ2) is 10.1. The molecule has 2 atom stereocenters. The Bertz CT molecular complexity index is 1620. The molecule has 0 bridgehead atoms. The van der Waals surface area contributed by atoms with Crippen LogP contribution in [0.3, 0.4) is 0 Å². The molecule has 3 saturated heterocycles. The van der Waals surface area contributed by atoms with E-state index < -0.39 is 23.2 Å². The topological polar surface area (TPSA) is 80.2 Å². The van der Waals surface area contributed by atoms with Gasteiger partial charge in [0.2, 0.25) is 5.91 Å². The van der Waals surface area contributed by atoms with Crippen molar-refractivity contribution in [3.05, 3.63) is 52.9 Å². The lowest BCUT2D eigenvalue weighted by atomic mass is 9.74. The number of halogens is 2. The van der Waals surface area contributed by atoms with Gasteiger partial charge in [0.05, 0.1) is 53.5 Å². The molecule has 1 aromatic carbocycles. The van der Waals surface area contributed by atoms with Crippen molar-refractivity contribution >= 4 is 40.2 Å². The second-order valence-corrected chi connectivity index (χ2v) is 12.8. The van der Waals surface area contributed by atoms with Crippen molar-refractivity contribution in [3.8, 4) is 0 Å². The first kappa shape index (κ1) is 27.3. The second-order valence-electron chi connectivity index (χ2n) is 12.8. The highest BCUT2D eigenvalue weighted by molar-refractivity contribution is 5.97. The lowest BCUT2D eigenvalue weighted by molar-refractivity contribution is -0.121. The van der Waals surface area contributed by atoms with Crippen LogP contribution in [-0.4, -0.2) is 61.5 Å². The molecule has 4 aliphatic heterocycles. The number of benzene rings is 1. The summed E-state index contributed by atoms with van der Waals surface area (Å²) in [5.74, 6) is -0.997. The average Bonchev–Trinajstić information content (AvgIpc) is 3.31. The molecule has 10 heteroatoms. The molecule has 1 amide bonds. The minimum Gasteiger partial charge on any atom is -0.378 e. The van der Waals surface area contributed by atoms with Crippen LogP contribution in [0.1, 0.15) is 62.5 Å². The average molecular weight is 576 g/mol. The Morgan fingerprint density at radius 1 is 1.07 bits per heavy atom. The number of morpholine rings is 1. The van der Waals surface area contributed by atoms with Crippen LogP contribution >= 0.6 is 0 Å². The van der Waals surface area contributed by atoms with E-state index in [1.807, 2.05) is 19.3 Å². The molecule has 7 rings (SSSR count). The van der Waals surface area contributed by atoms with E-state index >= 15 is 4.39 Å². The Kier molecular flexibility index (Phi) is 6.54. The Morgan fingerprint density at radius 3 is 2.69 bits per heavy atom. The molecule has 2 aromatic heterocycles. The van der Waals surface area contributed by atoms with Crippen LogP contribution in [0, 0.1) is 24.0 Å². The van der Waals surface area contributed by atoms with Gasteiger partial charge in [-0.25, -0.2) is 13.8 Å². The number of nitrogens with zero attached hydrogens (tertiary/aromatic N) is 5. The van der Waals surface area contributed by atoms with Gasteiger partial charge in [-0.1, -0.05) is 13.8 Å².